The van der Waals surface area contributed by atoms with E-state index in [9.17, 15) is 0 Å². The van der Waals surface area contributed by atoms with Gasteiger partial charge in [-0.15, -0.1) is 0 Å². The van der Waals surface area contributed by atoms with Gasteiger partial charge in [0.05, 0.1) is 6.61 Å². The van der Waals surface area contributed by atoms with Crippen LogP contribution in [0.15, 0.2) is 11.3 Å². The van der Waals surface area contributed by atoms with Crippen molar-refractivity contribution in [1.82, 2.24) is 5.32 Å². The van der Waals surface area contributed by atoms with E-state index in [0.717, 1.165) is 13.3 Å². The minimum absolute atomic E-state index is 0.721. The lowest BCUT2D eigenvalue weighted by Gasteiger charge is -2.26. The van der Waals surface area contributed by atoms with Crippen molar-refractivity contribution >= 4 is 0 Å². The summed E-state index contributed by atoms with van der Waals surface area (Å²) in [5.74, 6) is 0. The van der Waals surface area contributed by atoms with Gasteiger partial charge in [0.15, 0.2) is 0 Å². The van der Waals surface area contributed by atoms with Crippen LogP contribution in [0.4, 0.5) is 0 Å². The Labute approximate surface area is 61.3 Å². The van der Waals surface area contributed by atoms with Crippen LogP contribution in [0.1, 0.15) is 25.7 Å². The van der Waals surface area contributed by atoms with Gasteiger partial charge in [-0.2, -0.15) is 0 Å². The van der Waals surface area contributed by atoms with Gasteiger partial charge < -0.3 is 10.1 Å². The Morgan fingerprint density at radius 2 is 2.10 bits per heavy atom. The van der Waals surface area contributed by atoms with E-state index in [4.69, 9.17) is 4.74 Å². The average molecular weight is 139 g/mol. The Morgan fingerprint density at radius 1 is 1.20 bits per heavy atom. The summed E-state index contributed by atoms with van der Waals surface area (Å²) in [6, 6.07) is 0. The van der Waals surface area contributed by atoms with Crippen LogP contribution in [-0.2, 0) is 4.74 Å². The van der Waals surface area contributed by atoms with Gasteiger partial charge in [-0.25, -0.2) is 0 Å². The number of ether oxygens (including phenoxy) is 1. The van der Waals surface area contributed by atoms with Gasteiger partial charge >= 0.3 is 0 Å². The van der Waals surface area contributed by atoms with Crippen LogP contribution in [0, 0.1) is 0 Å². The van der Waals surface area contributed by atoms with Gasteiger partial charge in [-0.1, -0.05) is 0 Å². The van der Waals surface area contributed by atoms with Gasteiger partial charge in [0.25, 0.3) is 0 Å². The topological polar surface area (TPSA) is 21.3 Å². The van der Waals surface area contributed by atoms with E-state index in [1.54, 1.807) is 0 Å². The van der Waals surface area contributed by atoms with Crippen LogP contribution in [0.3, 0.4) is 0 Å². The Morgan fingerprint density at radius 3 is 3.00 bits per heavy atom. The molecule has 1 aliphatic carbocycles. The average Bonchev–Trinajstić information content (AvgIpc) is 2.05. The molecule has 1 heterocycles. The molecule has 2 heteroatoms. The summed E-state index contributed by atoms with van der Waals surface area (Å²) < 4.78 is 5.27. The number of hydrogen-bond acceptors (Lipinski definition) is 2. The largest absolute Gasteiger partial charge is 0.366 e. The molecule has 0 aromatic heterocycles. The van der Waals surface area contributed by atoms with Crippen LogP contribution in [0.5, 0.6) is 0 Å². The molecule has 0 bridgehead atoms. The van der Waals surface area contributed by atoms with Crippen LogP contribution in [0.25, 0.3) is 0 Å². The molecule has 0 unspecified atom stereocenters. The molecular weight excluding hydrogens is 126 g/mol. The fourth-order valence-corrected chi connectivity index (χ4v) is 1.65. The predicted octanol–water partition coefficient (Wildman–Crippen LogP) is 1.39. The van der Waals surface area contributed by atoms with Crippen molar-refractivity contribution in [3.8, 4) is 0 Å². The van der Waals surface area contributed by atoms with Gasteiger partial charge in [0.2, 0.25) is 0 Å². The van der Waals surface area contributed by atoms with E-state index in [0.29, 0.717) is 0 Å². The Bertz CT molecular complexity index is 129. The molecule has 2 rings (SSSR count). The maximum atomic E-state index is 5.27. The molecule has 0 amide bonds. The maximum absolute atomic E-state index is 5.27. The summed E-state index contributed by atoms with van der Waals surface area (Å²) in [4.78, 5) is 0. The SMILES string of the molecule is C1CCC2=C(C1)COCN2. The highest BCUT2D eigenvalue weighted by atomic mass is 16.5. The summed E-state index contributed by atoms with van der Waals surface area (Å²) in [5, 5.41) is 3.28. The first-order valence-corrected chi connectivity index (χ1v) is 3.99. The molecule has 0 atom stereocenters. The van der Waals surface area contributed by atoms with Crippen LogP contribution in [-0.4, -0.2) is 13.3 Å². The van der Waals surface area contributed by atoms with Crippen LogP contribution >= 0.6 is 0 Å². The molecule has 0 saturated heterocycles. The van der Waals surface area contributed by atoms with E-state index in [2.05, 4.69) is 5.32 Å². The Hall–Kier alpha value is -0.500. The van der Waals surface area contributed by atoms with Gasteiger partial charge in [0.1, 0.15) is 6.73 Å². The molecule has 56 valence electrons. The zero-order valence-electron chi connectivity index (χ0n) is 6.15. The molecule has 0 saturated carbocycles. The van der Waals surface area contributed by atoms with Gasteiger partial charge in [-0.3, -0.25) is 0 Å². The highest BCUT2D eigenvalue weighted by molar-refractivity contribution is 5.17. The molecule has 10 heavy (non-hydrogen) atoms. The predicted molar refractivity (Wildman–Crippen MR) is 39.4 cm³/mol. The molecule has 1 aliphatic heterocycles. The summed E-state index contributed by atoms with van der Waals surface area (Å²) in [6.07, 6.45) is 5.21. The summed E-state index contributed by atoms with van der Waals surface area (Å²) in [5.41, 5.74) is 2.98. The van der Waals surface area contributed by atoms with Crippen LogP contribution < -0.4 is 5.32 Å². The highest BCUT2D eigenvalue weighted by Crippen LogP contribution is 2.24. The molecule has 2 nitrogen and oxygen atoms in total. The second-order valence-corrected chi connectivity index (χ2v) is 2.96. The van der Waals surface area contributed by atoms with Crippen molar-refractivity contribution in [1.29, 1.82) is 0 Å². The lowest BCUT2D eigenvalue weighted by atomic mass is 9.96. The van der Waals surface area contributed by atoms with E-state index in [1.165, 1.54) is 37.0 Å². The summed E-state index contributed by atoms with van der Waals surface area (Å²) in [7, 11) is 0. The van der Waals surface area contributed by atoms with Crippen molar-refractivity contribution < 1.29 is 4.74 Å². The minimum atomic E-state index is 0.721. The lowest BCUT2D eigenvalue weighted by Crippen LogP contribution is -2.28. The standard InChI is InChI=1S/C8H13NO/c1-2-4-8-7(3-1)5-10-6-9-8/h9H,1-6H2. The lowest BCUT2D eigenvalue weighted by molar-refractivity contribution is 0.122. The molecular formula is C8H13NO. The van der Waals surface area contributed by atoms with Gasteiger partial charge in [-0.05, 0) is 31.3 Å². The summed E-state index contributed by atoms with van der Waals surface area (Å²) in [6.45, 7) is 1.60. The second kappa shape index (κ2) is 2.62. The molecule has 1 N–H and O–H groups in total. The third kappa shape index (κ3) is 1.03. The van der Waals surface area contributed by atoms with E-state index >= 15 is 0 Å². The van der Waals surface area contributed by atoms with Crippen molar-refractivity contribution in [2.24, 2.45) is 0 Å². The van der Waals surface area contributed by atoms with E-state index < -0.39 is 0 Å². The van der Waals surface area contributed by atoms with Crippen molar-refractivity contribution in [2.75, 3.05) is 13.3 Å². The number of rotatable bonds is 0. The smallest absolute Gasteiger partial charge is 0.116 e. The molecule has 0 radical (unpaired) electrons. The van der Waals surface area contributed by atoms with Gasteiger partial charge in [0, 0.05) is 5.70 Å². The first-order valence-electron chi connectivity index (χ1n) is 3.99. The Kier molecular flexibility index (Phi) is 1.63. The third-order valence-electron chi connectivity index (χ3n) is 2.25. The quantitative estimate of drug-likeness (QED) is 0.547. The number of hydrogen-bond donors (Lipinski definition) is 1. The van der Waals surface area contributed by atoms with Crippen LogP contribution in [0.2, 0.25) is 0 Å². The van der Waals surface area contributed by atoms with E-state index in [1.807, 2.05) is 0 Å². The first-order chi connectivity index (χ1) is 4.97. The normalized spacial score (nSPS) is 25.6. The number of allylic oxidation sites excluding steroid dienone is 1. The zero-order valence-corrected chi connectivity index (χ0v) is 6.15. The fourth-order valence-electron chi connectivity index (χ4n) is 1.65. The fraction of sp³-hybridized carbons (Fsp3) is 0.750. The number of nitrogens with one attached hydrogen (secondary N) is 1. The minimum Gasteiger partial charge on any atom is -0.366 e. The zero-order chi connectivity index (χ0) is 6.81. The molecule has 0 aromatic rings. The molecule has 0 fully saturated rings. The maximum Gasteiger partial charge on any atom is 0.116 e. The summed E-state index contributed by atoms with van der Waals surface area (Å²) >= 11 is 0. The van der Waals surface area contributed by atoms with E-state index in [-0.39, 0.29) is 0 Å². The highest BCUT2D eigenvalue weighted by Gasteiger charge is 2.15. The Balaban J connectivity index is 2.14. The first kappa shape index (κ1) is 6.23. The van der Waals surface area contributed by atoms with Crippen molar-refractivity contribution in [3.63, 3.8) is 0 Å². The molecule has 2 aliphatic rings. The monoisotopic (exact) mass is 139 g/mol. The molecule has 0 aromatic carbocycles. The van der Waals surface area contributed by atoms with Crippen molar-refractivity contribution in [3.05, 3.63) is 11.3 Å². The second-order valence-electron chi connectivity index (χ2n) is 2.96. The third-order valence-corrected chi connectivity index (χ3v) is 2.25. The van der Waals surface area contributed by atoms with Crippen molar-refractivity contribution in [2.45, 2.75) is 25.7 Å². The molecule has 0 spiro atoms.